The molecule has 0 amide bonds. The summed E-state index contributed by atoms with van der Waals surface area (Å²) in [5.74, 6) is 5.68. The first-order chi connectivity index (χ1) is 5.29. The maximum atomic E-state index is 5.44. The zero-order chi connectivity index (χ0) is 8.10. The fourth-order valence-electron chi connectivity index (χ4n) is 0.624. The lowest BCUT2D eigenvalue weighted by molar-refractivity contribution is 0.959. The number of hydrogen-bond donors (Lipinski definition) is 1. The van der Waals surface area contributed by atoms with E-state index in [0.717, 1.165) is 5.69 Å². The second-order valence-electron chi connectivity index (χ2n) is 2.27. The normalized spacial score (nSPS) is 11.5. The first-order valence-corrected chi connectivity index (χ1v) is 3.47. The van der Waals surface area contributed by atoms with Crippen molar-refractivity contribution in [2.45, 2.75) is 13.0 Å². The average Bonchev–Trinajstić information content (AvgIpc) is 2.03. The summed E-state index contributed by atoms with van der Waals surface area (Å²) in [5.41, 5.74) is 6.21. The predicted octanol–water partition coefficient (Wildman–Crippen LogP) is 0.780. The summed E-state index contributed by atoms with van der Waals surface area (Å²) in [5, 5.41) is 0. The lowest BCUT2D eigenvalue weighted by atomic mass is 10.3. The Morgan fingerprint density at radius 1 is 1.55 bits per heavy atom. The van der Waals surface area contributed by atoms with Crippen molar-refractivity contribution in [3.8, 4) is 11.8 Å². The molecule has 0 fully saturated rings. The molecule has 0 bridgehead atoms. The Morgan fingerprint density at radius 3 is 2.91 bits per heavy atom. The van der Waals surface area contributed by atoms with Crippen LogP contribution in [0.25, 0.3) is 0 Å². The van der Waals surface area contributed by atoms with Crippen LogP contribution in [0.1, 0.15) is 12.6 Å². The third-order valence-corrected chi connectivity index (χ3v) is 1.09. The van der Waals surface area contributed by atoms with Crippen LogP contribution < -0.4 is 5.73 Å². The standard InChI is InChI=1S/C9H10N2/c1-8(10)5-6-9-4-2-3-7-11-9/h2-4,7-8H,10H2,1H3. The molecule has 1 aromatic rings. The van der Waals surface area contributed by atoms with Gasteiger partial charge in [-0.05, 0) is 25.0 Å². The van der Waals surface area contributed by atoms with E-state index >= 15 is 0 Å². The molecule has 1 atom stereocenters. The van der Waals surface area contributed by atoms with E-state index in [9.17, 15) is 0 Å². The Kier molecular flexibility index (Phi) is 2.65. The molecule has 56 valence electrons. The largest absolute Gasteiger partial charge is 0.318 e. The van der Waals surface area contributed by atoms with Gasteiger partial charge in [0.15, 0.2) is 0 Å². The fraction of sp³-hybridized carbons (Fsp3) is 0.222. The molecule has 2 nitrogen and oxygen atoms in total. The van der Waals surface area contributed by atoms with E-state index in [1.807, 2.05) is 25.1 Å². The van der Waals surface area contributed by atoms with Crippen LogP contribution >= 0.6 is 0 Å². The van der Waals surface area contributed by atoms with Gasteiger partial charge in [-0.1, -0.05) is 12.0 Å². The first kappa shape index (κ1) is 7.77. The molecule has 2 heteroatoms. The van der Waals surface area contributed by atoms with E-state index in [2.05, 4.69) is 16.8 Å². The van der Waals surface area contributed by atoms with Crippen molar-refractivity contribution in [1.82, 2.24) is 4.98 Å². The van der Waals surface area contributed by atoms with Crippen LogP contribution in [0.2, 0.25) is 0 Å². The SMILES string of the molecule is CC(N)C#Cc1ccccn1. The van der Waals surface area contributed by atoms with Crippen LogP contribution in [0, 0.1) is 11.8 Å². The molecule has 2 N–H and O–H groups in total. The second-order valence-corrected chi connectivity index (χ2v) is 2.27. The summed E-state index contributed by atoms with van der Waals surface area (Å²) in [6, 6.07) is 5.53. The first-order valence-electron chi connectivity index (χ1n) is 3.47. The van der Waals surface area contributed by atoms with Gasteiger partial charge in [-0.3, -0.25) is 0 Å². The van der Waals surface area contributed by atoms with Crippen LogP contribution in [0.5, 0.6) is 0 Å². The summed E-state index contributed by atoms with van der Waals surface area (Å²) in [6.45, 7) is 1.84. The van der Waals surface area contributed by atoms with E-state index < -0.39 is 0 Å². The van der Waals surface area contributed by atoms with E-state index in [4.69, 9.17) is 5.73 Å². The molecule has 11 heavy (non-hydrogen) atoms. The molecule has 1 heterocycles. The minimum Gasteiger partial charge on any atom is -0.318 e. The highest BCUT2D eigenvalue weighted by Crippen LogP contribution is 1.88. The fourth-order valence-corrected chi connectivity index (χ4v) is 0.624. The zero-order valence-corrected chi connectivity index (χ0v) is 6.41. The van der Waals surface area contributed by atoms with Crippen molar-refractivity contribution in [3.63, 3.8) is 0 Å². The number of hydrogen-bond acceptors (Lipinski definition) is 2. The van der Waals surface area contributed by atoms with Crippen LogP contribution in [-0.4, -0.2) is 11.0 Å². The van der Waals surface area contributed by atoms with Gasteiger partial charge in [-0.2, -0.15) is 0 Å². The molecule has 0 aromatic carbocycles. The van der Waals surface area contributed by atoms with Crippen LogP contribution in [0.3, 0.4) is 0 Å². The highest BCUT2D eigenvalue weighted by Gasteiger charge is 1.84. The molecule has 1 unspecified atom stereocenters. The van der Waals surface area contributed by atoms with Gasteiger partial charge in [0.2, 0.25) is 0 Å². The molecule has 1 rings (SSSR count). The molecule has 0 saturated heterocycles. The van der Waals surface area contributed by atoms with E-state index in [-0.39, 0.29) is 6.04 Å². The monoisotopic (exact) mass is 146 g/mol. The smallest absolute Gasteiger partial charge is 0.113 e. The van der Waals surface area contributed by atoms with E-state index in [0.29, 0.717) is 0 Å². The van der Waals surface area contributed by atoms with Crippen LogP contribution in [0.4, 0.5) is 0 Å². The Labute approximate surface area is 66.4 Å². The molecular weight excluding hydrogens is 136 g/mol. The minimum absolute atomic E-state index is 0.0861. The highest BCUT2D eigenvalue weighted by atomic mass is 14.6. The predicted molar refractivity (Wildman–Crippen MR) is 44.8 cm³/mol. The number of nitrogens with zero attached hydrogens (tertiary/aromatic N) is 1. The second kappa shape index (κ2) is 3.75. The van der Waals surface area contributed by atoms with E-state index in [1.165, 1.54) is 0 Å². The van der Waals surface area contributed by atoms with Crippen molar-refractivity contribution >= 4 is 0 Å². The van der Waals surface area contributed by atoms with Crippen molar-refractivity contribution in [2.24, 2.45) is 5.73 Å². The average molecular weight is 146 g/mol. The van der Waals surface area contributed by atoms with Gasteiger partial charge in [0.05, 0.1) is 6.04 Å². The number of nitrogens with two attached hydrogens (primary N) is 1. The Bertz CT molecular complexity index is 267. The number of rotatable bonds is 0. The summed E-state index contributed by atoms with van der Waals surface area (Å²) in [6.07, 6.45) is 1.71. The maximum Gasteiger partial charge on any atom is 0.113 e. The Morgan fingerprint density at radius 2 is 2.36 bits per heavy atom. The van der Waals surface area contributed by atoms with Crippen molar-refractivity contribution in [3.05, 3.63) is 30.1 Å². The van der Waals surface area contributed by atoms with Gasteiger partial charge in [0, 0.05) is 6.20 Å². The van der Waals surface area contributed by atoms with Gasteiger partial charge in [-0.25, -0.2) is 4.98 Å². The van der Waals surface area contributed by atoms with Gasteiger partial charge < -0.3 is 5.73 Å². The highest BCUT2D eigenvalue weighted by molar-refractivity contribution is 5.27. The third kappa shape index (κ3) is 2.83. The molecule has 0 aliphatic rings. The Balaban J connectivity index is 2.75. The lowest BCUT2D eigenvalue weighted by Gasteiger charge is -1.88. The molecule has 0 radical (unpaired) electrons. The maximum absolute atomic E-state index is 5.44. The molecule has 0 saturated carbocycles. The summed E-state index contributed by atoms with van der Waals surface area (Å²) in [4.78, 5) is 4.02. The van der Waals surface area contributed by atoms with Crippen molar-refractivity contribution in [1.29, 1.82) is 0 Å². The van der Waals surface area contributed by atoms with Crippen LogP contribution in [0.15, 0.2) is 24.4 Å². The van der Waals surface area contributed by atoms with Gasteiger partial charge in [0.1, 0.15) is 5.69 Å². The van der Waals surface area contributed by atoms with Crippen LogP contribution in [-0.2, 0) is 0 Å². The zero-order valence-electron chi connectivity index (χ0n) is 6.41. The van der Waals surface area contributed by atoms with Gasteiger partial charge in [-0.15, -0.1) is 0 Å². The topological polar surface area (TPSA) is 38.9 Å². The number of pyridine rings is 1. The van der Waals surface area contributed by atoms with Crippen molar-refractivity contribution < 1.29 is 0 Å². The molecule has 1 aromatic heterocycles. The minimum atomic E-state index is -0.0861. The van der Waals surface area contributed by atoms with Gasteiger partial charge in [0.25, 0.3) is 0 Å². The summed E-state index contributed by atoms with van der Waals surface area (Å²) >= 11 is 0. The van der Waals surface area contributed by atoms with E-state index in [1.54, 1.807) is 6.20 Å². The molecule has 0 aliphatic heterocycles. The van der Waals surface area contributed by atoms with Gasteiger partial charge >= 0.3 is 0 Å². The summed E-state index contributed by atoms with van der Waals surface area (Å²) < 4.78 is 0. The number of aromatic nitrogens is 1. The third-order valence-electron chi connectivity index (χ3n) is 1.09. The van der Waals surface area contributed by atoms with Crippen molar-refractivity contribution in [2.75, 3.05) is 0 Å². The summed E-state index contributed by atoms with van der Waals surface area (Å²) in [7, 11) is 0. The quantitative estimate of drug-likeness (QED) is 0.549. The lowest BCUT2D eigenvalue weighted by Crippen LogP contribution is -2.10. The Hall–Kier alpha value is -1.33. The molecule has 0 spiro atoms. The molecule has 0 aliphatic carbocycles. The molecular formula is C9H10N2.